The zero-order chi connectivity index (χ0) is 18.5. The van der Waals surface area contributed by atoms with Gasteiger partial charge in [-0.2, -0.15) is 0 Å². The molecule has 4 aliphatic rings. The van der Waals surface area contributed by atoms with E-state index in [1.165, 1.54) is 19.3 Å². The van der Waals surface area contributed by atoms with Gasteiger partial charge in [0.05, 0.1) is 6.10 Å². The highest BCUT2D eigenvalue weighted by Crippen LogP contribution is 2.62. The van der Waals surface area contributed by atoms with Crippen molar-refractivity contribution in [2.45, 2.75) is 56.7 Å². The van der Waals surface area contributed by atoms with Gasteiger partial charge in [0.15, 0.2) is 0 Å². The first-order chi connectivity index (χ1) is 13.1. The molecule has 3 atom stereocenters. The molecule has 6 rings (SSSR count). The second-order valence-electron chi connectivity index (χ2n) is 9.51. The SMILES string of the molecule is O[C@H]1C2C[C@H]3C[C@H](C2)CC1(CCC(O)(c1ccccc1)c1ccccc1)C3. The number of benzene rings is 2. The standard InChI is InChI=1S/C25H30O2/c26-23-20-14-18-13-19(15-20)17-24(23,16-18)11-12-25(27,21-7-3-1-4-8-21)22-9-5-2-6-10-22/h1-10,18-20,23,26-27H,11-17H2/t18-,19-,20?,23+,24?/m1/s1. The first-order valence-electron chi connectivity index (χ1n) is 10.6. The Balaban J connectivity index is 1.46. The normalized spacial score (nSPS) is 34.7. The third kappa shape index (κ3) is 2.85. The number of hydrogen-bond donors (Lipinski definition) is 2. The topological polar surface area (TPSA) is 40.5 Å². The Morgan fingerprint density at radius 2 is 1.33 bits per heavy atom. The molecular formula is C25H30O2. The summed E-state index contributed by atoms with van der Waals surface area (Å²) in [4.78, 5) is 0. The average Bonchev–Trinajstić information content (AvgIpc) is 2.71. The van der Waals surface area contributed by atoms with Crippen LogP contribution in [0.4, 0.5) is 0 Å². The summed E-state index contributed by atoms with van der Waals surface area (Å²) in [6, 6.07) is 20.1. The largest absolute Gasteiger partial charge is 0.392 e. The van der Waals surface area contributed by atoms with E-state index in [2.05, 4.69) is 0 Å². The molecule has 2 heteroatoms. The fourth-order valence-corrected chi connectivity index (χ4v) is 6.85. The summed E-state index contributed by atoms with van der Waals surface area (Å²) in [6.45, 7) is 0. The van der Waals surface area contributed by atoms with Crippen LogP contribution in [0.3, 0.4) is 0 Å². The molecule has 0 heterocycles. The lowest BCUT2D eigenvalue weighted by atomic mass is 9.47. The molecule has 0 aromatic heterocycles. The summed E-state index contributed by atoms with van der Waals surface area (Å²) in [5.41, 5.74) is 0.934. The van der Waals surface area contributed by atoms with Crippen molar-refractivity contribution in [3.63, 3.8) is 0 Å². The van der Waals surface area contributed by atoms with Crippen LogP contribution in [0.1, 0.15) is 56.1 Å². The first-order valence-corrected chi connectivity index (χ1v) is 10.6. The minimum atomic E-state index is -0.994. The third-order valence-electron chi connectivity index (χ3n) is 7.89. The minimum absolute atomic E-state index is 0.0201. The van der Waals surface area contributed by atoms with Gasteiger partial charge in [-0.1, -0.05) is 60.7 Å². The van der Waals surface area contributed by atoms with Crippen LogP contribution in [0.2, 0.25) is 0 Å². The number of aliphatic hydroxyl groups excluding tert-OH is 1. The minimum Gasteiger partial charge on any atom is -0.392 e. The Morgan fingerprint density at radius 3 is 1.85 bits per heavy atom. The molecule has 142 valence electrons. The Labute approximate surface area is 162 Å². The molecule has 2 N–H and O–H groups in total. The molecule has 4 fully saturated rings. The van der Waals surface area contributed by atoms with Crippen molar-refractivity contribution in [1.82, 2.24) is 0 Å². The maximum atomic E-state index is 11.9. The van der Waals surface area contributed by atoms with Crippen LogP contribution in [0, 0.1) is 23.2 Å². The van der Waals surface area contributed by atoms with E-state index in [0.717, 1.165) is 42.2 Å². The fourth-order valence-electron chi connectivity index (χ4n) is 6.85. The molecule has 4 bridgehead atoms. The highest BCUT2D eigenvalue weighted by atomic mass is 16.3. The highest BCUT2D eigenvalue weighted by molar-refractivity contribution is 5.36. The van der Waals surface area contributed by atoms with Crippen molar-refractivity contribution < 1.29 is 10.2 Å². The van der Waals surface area contributed by atoms with Gasteiger partial charge in [-0.25, -0.2) is 0 Å². The van der Waals surface area contributed by atoms with E-state index in [4.69, 9.17) is 0 Å². The van der Waals surface area contributed by atoms with E-state index in [-0.39, 0.29) is 11.5 Å². The van der Waals surface area contributed by atoms with Crippen LogP contribution >= 0.6 is 0 Å². The maximum absolute atomic E-state index is 11.9. The molecule has 0 saturated heterocycles. The summed E-state index contributed by atoms with van der Waals surface area (Å²) in [5.74, 6) is 2.10. The average molecular weight is 363 g/mol. The predicted molar refractivity (Wildman–Crippen MR) is 107 cm³/mol. The van der Waals surface area contributed by atoms with Gasteiger partial charge >= 0.3 is 0 Å². The summed E-state index contributed by atoms with van der Waals surface area (Å²) in [7, 11) is 0. The van der Waals surface area contributed by atoms with Crippen LogP contribution in [-0.4, -0.2) is 16.3 Å². The molecule has 2 aromatic carbocycles. The molecule has 0 radical (unpaired) electrons. The van der Waals surface area contributed by atoms with Gasteiger partial charge in [-0.3, -0.25) is 0 Å². The van der Waals surface area contributed by atoms with E-state index in [9.17, 15) is 10.2 Å². The quantitative estimate of drug-likeness (QED) is 0.795. The molecule has 0 unspecified atom stereocenters. The molecule has 0 amide bonds. The summed E-state index contributed by atoms with van der Waals surface area (Å²) in [5, 5.41) is 23.0. The fraction of sp³-hybridized carbons (Fsp3) is 0.520. The van der Waals surface area contributed by atoms with Crippen molar-refractivity contribution in [2.24, 2.45) is 23.2 Å². The van der Waals surface area contributed by atoms with Gasteiger partial charge in [0, 0.05) is 0 Å². The summed E-state index contributed by atoms with van der Waals surface area (Å²) >= 11 is 0. The lowest BCUT2D eigenvalue weighted by molar-refractivity contribution is -0.163. The van der Waals surface area contributed by atoms with Gasteiger partial charge in [0.25, 0.3) is 0 Å². The van der Waals surface area contributed by atoms with Crippen molar-refractivity contribution in [3.8, 4) is 0 Å². The number of aliphatic hydroxyl groups is 2. The number of rotatable bonds is 5. The second-order valence-corrected chi connectivity index (χ2v) is 9.51. The Hall–Kier alpha value is -1.64. The zero-order valence-electron chi connectivity index (χ0n) is 15.9. The Kier molecular flexibility index (Phi) is 4.18. The molecule has 2 nitrogen and oxygen atoms in total. The van der Waals surface area contributed by atoms with Crippen molar-refractivity contribution in [2.75, 3.05) is 0 Å². The monoisotopic (exact) mass is 362 g/mol. The lowest BCUT2D eigenvalue weighted by Gasteiger charge is -2.60. The Bertz CT molecular complexity index is 731. The number of hydrogen-bond acceptors (Lipinski definition) is 2. The summed E-state index contributed by atoms with van der Waals surface area (Å²) < 4.78 is 0. The molecule has 0 aliphatic heterocycles. The van der Waals surface area contributed by atoms with Crippen LogP contribution in [0.5, 0.6) is 0 Å². The highest BCUT2D eigenvalue weighted by Gasteiger charge is 2.56. The second kappa shape index (κ2) is 6.46. The predicted octanol–water partition coefficient (Wildman–Crippen LogP) is 4.89. The summed E-state index contributed by atoms with van der Waals surface area (Å²) in [6.07, 6.45) is 7.51. The van der Waals surface area contributed by atoms with Gasteiger partial charge in [-0.05, 0) is 79.2 Å². The smallest absolute Gasteiger partial charge is 0.115 e. The van der Waals surface area contributed by atoms with Crippen LogP contribution in [0.25, 0.3) is 0 Å². The van der Waals surface area contributed by atoms with Crippen LogP contribution < -0.4 is 0 Å². The van der Waals surface area contributed by atoms with Gasteiger partial charge < -0.3 is 10.2 Å². The van der Waals surface area contributed by atoms with Crippen molar-refractivity contribution in [3.05, 3.63) is 71.8 Å². The van der Waals surface area contributed by atoms with E-state index < -0.39 is 5.60 Å². The van der Waals surface area contributed by atoms with Crippen LogP contribution in [-0.2, 0) is 5.60 Å². The van der Waals surface area contributed by atoms with Crippen LogP contribution in [0.15, 0.2) is 60.7 Å². The Morgan fingerprint density at radius 1 is 0.815 bits per heavy atom. The first kappa shape index (κ1) is 17.5. The molecule has 4 aliphatic carbocycles. The molecule has 2 aromatic rings. The van der Waals surface area contributed by atoms with Gasteiger partial charge in [0.1, 0.15) is 5.60 Å². The molecule has 4 saturated carbocycles. The molecule has 0 spiro atoms. The lowest BCUT2D eigenvalue weighted by Crippen LogP contribution is -2.56. The van der Waals surface area contributed by atoms with E-state index in [1.54, 1.807) is 0 Å². The van der Waals surface area contributed by atoms with Crippen molar-refractivity contribution in [1.29, 1.82) is 0 Å². The maximum Gasteiger partial charge on any atom is 0.115 e. The zero-order valence-corrected chi connectivity index (χ0v) is 15.9. The van der Waals surface area contributed by atoms with Crippen molar-refractivity contribution >= 4 is 0 Å². The van der Waals surface area contributed by atoms with E-state index in [0.29, 0.717) is 12.3 Å². The third-order valence-corrected chi connectivity index (χ3v) is 7.89. The molecular weight excluding hydrogens is 332 g/mol. The van der Waals surface area contributed by atoms with Gasteiger partial charge in [0.2, 0.25) is 0 Å². The van der Waals surface area contributed by atoms with Gasteiger partial charge in [-0.15, -0.1) is 0 Å². The van der Waals surface area contributed by atoms with E-state index >= 15 is 0 Å². The molecule has 27 heavy (non-hydrogen) atoms. The van der Waals surface area contributed by atoms with E-state index in [1.807, 2.05) is 60.7 Å².